The molecule has 0 fully saturated rings. The zero-order valence-electron chi connectivity index (χ0n) is 19.9. The molecule has 5 aromatic rings. The fourth-order valence-corrected chi connectivity index (χ4v) is 4.72. The van der Waals surface area contributed by atoms with Crippen LogP contribution < -0.4 is 15.1 Å². The lowest BCUT2D eigenvalue weighted by molar-refractivity contribution is -0.119. The van der Waals surface area contributed by atoms with E-state index in [1.54, 1.807) is 12.3 Å². The molecule has 6 heteroatoms. The van der Waals surface area contributed by atoms with Crippen LogP contribution in [0, 0.1) is 0 Å². The van der Waals surface area contributed by atoms with Crippen molar-refractivity contribution >= 4 is 45.3 Å². The number of amides is 2. The molecule has 6 rings (SSSR count). The van der Waals surface area contributed by atoms with Crippen molar-refractivity contribution < 1.29 is 14.3 Å². The minimum absolute atomic E-state index is 0.106. The van der Waals surface area contributed by atoms with Gasteiger partial charge in [0.1, 0.15) is 18.9 Å². The Hall–Kier alpha value is -4.97. The molecule has 0 aromatic heterocycles. The molecule has 37 heavy (non-hydrogen) atoms. The van der Waals surface area contributed by atoms with E-state index in [4.69, 9.17) is 4.74 Å². The highest BCUT2D eigenvalue weighted by molar-refractivity contribution is 6.26. The molecule has 0 spiro atoms. The average molecular weight is 486 g/mol. The molecular weight excluding hydrogens is 462 g/mol. The van der Waals surface area contributed by atoms with Gasteiger partial charge in [-0.15, -0.1) is 0 Å². The SMILES string of the molecule is O=C(CN1C(=O)c2cccc3cccc1c23)N/N=C\c1ccc(OCc2cccc3ccccc23)cc1. The van der Waals surface area contributed by atoms with Gasteiger partial charge in [0.2, 0.25) is 0 Å². The van der Waals surface area contributed by atoms with Gasteiger partial charge >= 0.3 is 0 Å². The van der Waals surface area contributed by atoms with Crippen molar-refractivity contribution in [2.45, 2.75) is 6.61 Å². The summed E-state index contributed by atoms with van der Waals surface area (Å²) in [5.74, 6) is 0.199. The lowest BCUT2D eigenvalue weighted by atomic mass is 10.1. The molecule has 0 unspecified atom stereocenters. The first-order chi connectivity index (χ1) is 18.2. The van der Waals surface area contributed by atoms with Crippen LogP contribution in [0.1, 0.15) is 21.5 Å². The minimum atomic E-state index is -0.371. The van der Waals surface area contributed by atoms with Crippen molar-refractivity contribution in [3.05, 3.63) is 120 Å². The lowest BCUT2D eigenvalue weighted by Gasteiger charge is -2.16. The first-order valence-electron chi connectivity index (χ1n) is 12.0. The highest BCUT2D eigenvalue weighted by atomic mass is 16.5. The third kappa shape index (κ3) is 4.41. The summed E-state index contributed by atoms with van der Waals surface area (Å²) in [6.07, 6.45) is 1.56. The number of nitrogens with one attached hydrogen (secondary N) is 1. The number of fused-ring (bicyclic) bond motifs is 1. The van der Waals surface area contributed by atoms with E-state index in [0.717, 1.165) is 33.3 Å². The van der Waals surface area contributed by atoms with Gasteiger partial charge in [0, 0.05) is 10.9 Å². The molecule has 0 bridgehead atoms. The van der Waals surface area contributed by atoms with Crippen LogP contribution >= 0.6 is 0 Å². The Kier molecular flexibility index (Phi) is 5.83. The van der Waals surface area contributed by atoms with Gasteiger partial charge in [0.25, 0.3) is 11.8 Å². The monoisotopic (exact) mass is 485 g/mol. The summed E-state index contributed by atoms with van der Waals surface area (Å²) >= 11 is 0. The van der Waals surface area contributed by atoms with Crippen molar-refractivity contribution in [3.8, 4) is 5.75 Å². The second kappa shape index (κ2) is 9.59. The number of hydrazone groups is 1. The van der Waals surface area contributed by atoms with Crippen molar-refractivity contribution in [1.29, 1.82) is 0 Å². The number of carbonyl (C=O) groups is 2. The van der Waals surface area contributed by atoms with Crippen molar-refractivity contribution in [1.82, 2.24) is 5.43 Å². The number of hydrogen-bond acceptors (Lipinski definition) is 4. The zero-order chi connectivity index (χ0) is 25.2. The molecule has 0 saturated carbocycles. The summed E-state index contributed by atoms with van der Waals surface area (Å²) in [5.41, 5.74) is 5.82. The van der Waals surface area contributed by atoms with Gasteiger partial charge in [-0.1, -0.05) is 66.7 Å². The Morgan fingerprint density at radius 1 is 0.838 bits per heavy atom. The highest BCUT2D eigenvalue weighted by Crippen LogP contribution is 2.36. The number of ether oxygens (including phenoxy) is 1. The summed E-state index contributed by atoms with van der Waals surface area (Å²) in [7, 11) is 0. The largest absolute Gasteiger partial charge is 0.489 e. The molecule has 180 valence electrons. The summed E-state index contributed by atoms with van der Waals surface area (Å²) in [6, 6.07) is 33.2. The van der Waals surface area contributed by atoms with Crippen molar-refractivity contribution in [2.75, 3.05) is 11.4 Å². The second-order valence-corrected chi connectivity index (χ2v) is 8.86. The van der Waals surface area contributed by atoms with Crippen LogP contribution in [0.3, 0.4) is 0 Å². The molecular formula is C31H23N3O3. The Morgan fingerprint density at radius 3 is 2.43 bits per heavy atom. The summed E-state index contributed by atoms with van der Waals surface area (Å²) < 4.78 is 5.98. The van der Waals surface area contributed by atoms with Crippen LogP contribution in [-0.4, -0.2) is 24.6 Å². The van der Waals surface area contributed by atoms with Gasteiger partial charge in [0.15, 0.2) is 0 Å². The zero-order valence-corrected chi connectivity index (χ0v) is 19.9. The van der Waals surface area contributed by atoms with Crippen molar-refractivity contribution in [2.24, 2.45) is 5.10 Å². The maximum Gasteiger partial charge on any atom is 0.260 e. The average Bonchev–Trinajstić information content (AvgIpc) is 3.20. The van der Waals surface area contributed by atoms with Gasteiger partial charge in [-0.05, 0) is 63.7 Å². The number of carbonyl (C=O) groups excluding carboxylic acids is 2. The van der Waals surface area contributed by atoms with E-state index in [0.29, 0.717) is 12.2 Å². The van der Waals surface area contributed by atoms with Gasteiger partial charge in [0.05, 0.1) is 11.9 Å². The first-order valence-corrected chi connectivity index (χ1v) is 12.0. The van der Waals surface area contributed by atoms with E-state index in [2.05, 4.69) is 34.8 Å². The number of hydrogen-bond donors (Lipinski definition) is 1. The number of nitrogens with zero attached hydrogens (tertiary/aromatic N) is 2. The minimum Gasteiger partial charge on any atom is -0.489 e. The Balaban J connectivity index is 1.05. The Morgan fingerprint density at radius 2 is 1.57 bits per heavy atom. The standard InChI is InChI=1S/C31H23N3O3/c35-29(19-34-28-13-5-9-23-8-4-12-27(30(23)28)31(34)36)33-32-18-21-14-16-25(17-15-21)37-20-24-10-3-7-22-6-1-2-11-26(22)24/h1-18H,19-20H2,(H,33,35)/b32-18-. The smallest absolute Gasteiger partial charge is 0.260 e. The van der Waals surface area contributed by atoms with Crippen LogP contribution in [-0.2, 0) is 11.4 Å². The molecule has 0 aliphatic carbocycles. The molecule has 0 atom stereocenters. The molecule has 1 N–H and O–H groups in total. The van der Waals surface area contributed by atoms with Crippen molar-refractivity contribution in [3.63, 3.8) is 0 Å². The predicted octanol–water partition coefficient (Wildman–Crippen LogP) is 5.68. The predicted molar refractivity (Wildman–Crippen MR) is 146 cm³/mol. The van der Waals surface area contributed by atoms with Crippen LogP contribution in [0.4, 0.5) is 5.69 Å². The lowest BCUT2D eigenvalue weighted by Crippen LogP contribution is -2.37. The van der Waals surface area contributed by atoms with Crippen LogP contribution in [0.2, 0.25) is 0 Å². The molecule has 6 nitrogen and oxygen atoms in total. The normalized spacial score (nSPS) is 12.5. The maximum atomic E-state index is 12.8. The highest BCUT2D eigenvalue weighted by Gasteiger charge is 2.30. The molecule has 2 amide bonds. The quantitative estimate of drug-likeness (QED) is 0.238. The van der Waals surface area contributed by atoms with Gasteiger partial charge < -0.3 is 4.74 Å². The molecule has 0 radical (unpaired) electrons. The second-order valence-electron chi connectivity index (χ2n) is 8.86. The molecule has 1 aliphatic rings. The van der Waals surface area contributed by atoms with E-state index in [1.807, 2.05) is 72.8 Å². The van der Waals surface area contributed by atoms with Gasteiger partial charge in [-0.25, -0.2) is 5.43 Å². The maximum absolute atomic E-state index is 12.8. The van der Waals surface area contributed by atoms with Crippen LogP contribution in [0.5, 0.6) is 5.75 Å². The van der Waals surface area contributed by atoms with E-state index in [-0.39, 0.29) is 18.4 Å². The Labute approximate surface area is 213 Å². The van der Waals surface area contributed by atoms with E-state index in [1.165, 1.54) is 15.7 Å². The first kappa shape index (κ1) is 22.5. The molecule has 5 aromatic carbocycles. The number of rotatable bonds is 7. The van der Waals surface area contributed by atoms with E-state index < -0.39 is 0 Å². The van der Waals surface area contributed by atoms with E-state index >= 15 is 0 Å². The van der Waals surface area contributed by atoms with E-state index in [9.17, 15) is 9.59 Å². The number of benzene rings is 5. The fraction of sp³-hybridized carbons (Fsp3) is 0.0645. The molecule has 1 heterocycles. The number of anilines is 1. The van der Waals surface area contributed by atoms with Crippen LogP contribution in [0.25, 0.3) is 21.5 Å². The summed E-state index contributed by atoms with van der Waals surface area (Å²) in [5, 5.41) is 8.29. The topological polar surface area (TPSA) is 71.0 Å². The fourth-order valence-electron chi connectivity index (χ4n) is 4.72. The summed E-state index contributed by atoms with van der Waals surface area (Å²) in [6.45, 7) is 0.364. The summed E-state index contributed by atoms with van der Waals surface area (Å²) in [4.78, 5) is 26.9. The van der Waals surface area contributed by atoms with Gasteiger partial charge in [-0.3, -0.25) is 14.5 Å². The van der Waals surface area contributed by atoms with Crippen LogP contribution in [0.15, 0.2) is 108 Å². The third-order valence-electron chi connectivity index (χ3n) is 6.51. The molecule has 1 aliphatic heterocycles. The molecule has 0 saturated heterocycles. The van der Waals surface area contributed by atoms with Gasteiger partial charge in [-0.2, -0.15) is 5.10 Å². The third-order valence-corrected chi connectivity index (χ3v) is 6.51. The Bertz CT molecular complexity index is 1660.